The van der Waals surface area contributed by atoms with Gasteiger partial charge >= 0.3 is 6.09 Å². The number of anilines is 1. The monoisotopic (exact) mass is 305 g/mol. The van der Waals surface area contributed by atoms with Crippen LogP contribution in [-0.4, -0.2) is 47.3 Å². The summed E-state index contributed by atoms with van der Waals surface area (Å²) in [5.41, 5.74) is 1.14. The Bertz CT molecular complexity index is 460. The second-order valence-electron chi connectivity index (χ2n) is 6.38. The Hall–Kier alpha value is -1.78. The minimum Gasteiger partial charge on any atom is -0.446 e. The summed E-state index contributed by atoms with van der Waals surface area (Å²) in [7, 11) is 0. The maximum absolute atomic E-state index is 12.3. The van der Waals surface area contributed by atoms with Gasteiger partial charge in [-0.3, -0.25) is 4.98 Å². The van der Waals surface area contributed by atoms with E-state index in [4.69, 9.17) is 4.74 Å². The molecule has 1 amide bonds. The lowest BCUT2D eigenvalue weighted by atomic mass is 10.1. The van der Waals surface area contributed by atoms with Gasteiger partial charge in [0.15, 0.2) is 0 Å². The number of carbonyl (C=O) groups is 1. The summed E-state index contributed by atoms with van der Waals surface area (Å²) in [5.74, 6) is 0. The normalized spacial score (nSPS) is 16.2. The Morgan fingerprint density at radius 2 is 1.91 bits per heavy atom. The Balaban J connectivity index is 1.86. The molecular weight excluding hydrogens is 278 g/mol. The van der Waals surface area contributed by atoms with Gasteiger partial charge in [-0.1, -0.05) is 0 Å². The van der Waals surface area contributed by atoms with Crippen LogP contribution < -0.4 is 4.90 Å². The minimum atomic E-state index is -0.190. The lowest BCUT2D eigenvalue weighted by molar-refractivity contribution is 0.0364. The third-order valence-corrected chi connectivity index (χ3v) is 4.04. The molecule has 1 saturated heterocycles. The van der Waals surface area contributed by atoms with Gasteiger partial charge in [0.2, 0.25) is 0 Å². The highest BCUT2D eigenvalue weighted by Gasteiger charge is 2.27. The van der Waals surface area contributed by atoms with Gasteiger partial charge in [-0.25, -0.2) is 4.79 Å². The molecule has 0 spiro atoms. The predicted octanol–water partition coefficient (Wildman–Crippen LogP) is 3.31. The molecule has 0 aliphatic carbocycles. The van der Waals surface area contributed by atoms with Crippen LogP contribution in [0.25, 0.3) is 0 Å². The zero-order chi connectivity index (χ0) is 16.1. The van der Waals surface area contributed by atoms with Crippen LogP contribution in [0.3, 0.4) is 0 Å². The summed E-state index contributed by atoms with van der Waals surface area (Å²) in [6.07, 6.45) is 5.22. The van der Waals surface area contributed by atoms with Crippen LogP contribution in [0.5, 0.6) is 0 Å². The number of amides is 1. The largest absolute Gasteiger partial charge is 0.446 e. The van der Waals surface area contributed by atoms with E-state index in [0.717, 1.165) is 31.6 Å². The van der Waals surface area contributed by atoms with Gasteiger partial charge in [-0.2, -0.15) is 0 Å². The van der Waals surface area contributed by atoms with E-state index in [-0.39, 0.29) is 24.3 Å². The molecule has 2 rings (SSSR count). The summed E-state index contributed by atoms with van der Waals surface area (Å²) in [6.45, 7) is 9.87. The standard InChI is InChI=1S/C17H27N3O2/c1-13(2)20(14(3)4)17(21)22-16-7-10-19(11-8-16)15-6-5-9-18-12-15/h5-6,9,12-14,16H,7-8,10-11H2,1-4H3. The molecule has 22 heavy (non-hydrogen) atoms. The van der Waals surface area contributed by atoms with Crippen LogP contribution in [0.2, 0.25) is 0 Å². The predicted molar refractivity (Wildman–Crippen MR) is 88.1 cm³/mol. The van der Waals surface area contributed by atoms with Crippen molar-refractivity contribution in [3.05, 3.63) is 24.5 Å². The van der Waals surface area contributed by atoms with Crippen LogP contribution in [0.15, 0.2) is 24.5 Å². The van der Waals surface area contributed by atoms with Crippen LogP contribution in [0, 0.1) is 0 Å². The van der Waals surface area contributed by atoms with E-state index in [0.29, 0.717) is 0 Å². The lowest BCUT2D eigenvalue weighted by Crippen LogP contribution is -2.45. The van der Waals surface area contributed by atoms with Crippen molar-refractivity contribution in [2.24, 2.45) is 0 Å². The van der Waals surface area contributed by atoms with E-state index < -0.39 is 0 Å². The second-order valence-corrected chi connectivity index (χ2v) is 6.38. The number of hydrogen-bond donors (Lipinski definition) is 0. The maximum atomic E-state index is 12.3. The fraction of sp³-hybridized carbons (Fsp3) is 0.647. The van der Waals surface area contributed by atoms with Crippen molar-refractivity contribution in [2.45, 2.75) is 58.7 Å². The van der Waals surface area contributed by atoms with Gasteiger partial charge in [-0.05, 0) is 39.8 Å². The molecule has 2 heterocycles. The lowest BCUT2D eigenvalue weighted by Gasteiger charge is -2.36. The SMILES string of the molecule is CC(C)N(C(=O)OC1CCN(c2cccnc2)CC1)C(C)C. The number of piperidine rings is 1. The number of ether oxygens (including phenoxy) is 1. The highest BCUT2D eigenvalue weighted by Crippen LogP contribution is 2.21. The number of rotatable bonds is 4. The van der Waals surface area contributed by atoms with Gasteiger partial charge in [0, 0.05) is 44.2 Å². The Morgan fingerprint density at radius 1 is 1.27 bits per heavy atom. The van der Waals surface area contributed by atoms with E-state index >= 15 is 0 Å². The van der Waals surface area contributed by atoms with E-state index in [9.17, 15) is 4.79 Å². The van der Waals surface area contributed by atoms with Crippen molar-refractivity contribution in [3.63, 3.8) is 0 Å². The molecule has 5 heteroatoms. The molecule has 0 unspecified atom stereocenters. The quantitative estimate of drug-likeness (QED) is 0.856. The topological polar surface area (TPSA) is 45.7 Å². The Labute approximate surface area is 133 Å². The van der Waals surface area contributed by atoms with Gasteiger partial charge < -0.3 is 14.5 Å². The fourth-order valence-electron chi connectivity index (χ4n) is 2.99. The zero-order valence-electron chi connectivity index (χ0n) is 14.0. The first-order valence-corrected chi connectivity index (χ1v) is 8.13. The maximum Gasteiger partial charge on any atom is 0.410 e. The Kier molecular flexibility index (Phi) is 5.63. The zero-order valence-corrected chi connectivity index (χ0v) is 14.0. The number of nitrogens with zero attached hydrogens (tertiary/aromatic N) is 3. The molecule has 1 aromatic heterocycles. The van der Waals surface area contributed by atoms with Crippen LogP contribution in [-0.2, 0) is 4.74 Å². The first-order chi connectivity index (χ1) is 10.5. The molecule has 0 N–H and O–H groups in total. The van der Waals surface area contributed by atoms with Gasteiger partial charge in [-0.15, -0.1) is 0 Å². The highest BCUT2D eigenvalue weighted by atomic mass is 16.6. The third-order valence-electron chi connectivity index (χ3n) is 4.04. The number of carbonyl (C=O) groups excluding carboxylic acids is 1. The van der Waals surface area contributed by atoms with Crippen molar-refractivity contribution >= 4 is 11.8 Å². The van der Waals surface area contributed by atoms with Crippen LogP contribution in [0.1, 0.15) is 40.5 Å². The fourth-order valence-corrected chi connectivity index (χ4v) is 2.99. The molecule has 122 valence electrons. The number of aromatic nitrogens is 1. The molecule has 1 aliphatic rings. The van der Waals surface area contributed by atoms with Gasteiger partial charge in [0.05, 0.1) is 11.9 Å². The summed E-state index contributed by atoms with van der Waals surface area (Å²) in [4.78, 5) is 20.6. The third kappa shape index (κ3) is 4.12. The molecule has 1 aromatic rings. The van der Waals surface area contributed by atoms with Crippen LogP contribution in [0.4, 0.5) is 10.5 Å². The molecular formula is C17H27N3O2. The van der Waals surface area contributed by atoms with Gasteiger partial charge in [0.1, 0.15) is 6.10 Å². The summed E-state index contributed by atoms with van der Waals surface area (Å²) >= 11 is 0. The van der Waals surface area contributed by atoms with Crippen molar-refractivity contribution in [1.29, 1.82) is 0 Å². The van der Waals surface area contributed by atoms with Crippen molar-refractivity contribution in [3.8, 4) is 0 Å². The van der Waals surface area contributed by atoms with Crippen molar-refractivity contribution in [1.82, 2.24) is 9.88 Å². The molecule has 0 bridgehead atoms. The molecule has 1 aliphatic heterocycles. The van der Waals surface area contributed by atoms with Gasteiger partial charge in [0.25, 0.3) is 0 Å². The second kappa shape index (κ2) is 7.47. The van der Waals surface area contributed by atoms with Crippen LogP contribution >= 0.6 is 0 Å². The Morgan fingerprint density at radius 3 is 2.41 bits per heavy atom. The minimum absolute atomic E-state index is 0.0143. The smallest absolute Gasteiger partial charge is 0.410 e. The molecule has 0 atom stereocenters. The van der Waals surface area contributed by atoms with E-state index in [2.05, 4.69) is 16.0 Å². The van der Waals surface area contributed by atoms with E-state index in [1.54, 1.807) is 11.1 Å². The first-order valence-electron chi connectivity index (χ1n) is 8.13. The number of hydrogen-bond acceptors (Lipinski definition) is 4. The summed E-state index contributed by atoms with van der Waals surface area (Å²) in [5, 5.41) is 0. The highest BCUT2D eigenvalue weighted by molar-refractivity contribution is 5.68. The average molecular weight is 305 g/mol. The average Bonchev–Trinajstić information content (AvgIpc) is 2.48. The first kappa shape index (κ1) is 16.6. The van der Waals surface area contributed by atoms with E-state index in [1.807, 2.05) is 40.0 Å². The number of pyridine rings is 1. The molecule has 5 nitrogen and oxygen atoms in total. The van der Waals surface area contributed by atoms with Crippen molar-refractivity contribution in [2.75, 3.05) is 18.0 Å². The molecule has 0 saturated carbocycles. The van der Waals surface area contributed by atoms with Crippen molar-refractivity contribution < 1.29 is 9.53 Å². The summed E-state index contributed by atoms with van der Waals surface area (Å²) < 4.78 is 5.70. The summed E-state index contributed by atoms with van der Waals surface area (Å²) in [6, 6.07) is 4.33. The molecule has 0 radical (unpaired) electrons. The molecule has 1 fully saturated rings. The van der Waals surface area contributed by atoms with E-state index in [1.165, 1.54) is 0 Å². The molecule has 0 aromatic carbocycles.